The highest BCUT2D eigenvalue weighted by Gasteiger charge is 2.23. The maximum atomic E-state index is 13.1. The molecular weight excluding hydrogens is 269 g/mol. The fourth-order valence-electron chi connectivity index (χ4n) is 1.94. The Morgan fingerprint density at radius 1 is 1.44 bits per heavy atom. The van der Waals surface area contributed by atoms with E-state index in [-0.39, 0.29) is 5.82 Å². The molecule has 0 aromatic heterocycles. The second kappa shape index (κ2) is 5.28. The first-order valence-corrected chi connectivity index (χ1v) is 6.61. The molecule has 0 spiro atoms. The molecule has 0 aliphatic heterocycles. The Bertz CT molecular complexity index is 343. The molecule has 1 nitrogen and oxygen atoms in total. The van der Waals surface area contributed by atoms with Gasteiger partial charge in [0.25, 0.3) is 0 Å². The van der Waals surface area contributed by atoms with Crippen LogP contribution in [0, 0.1) is 11.7 Å². The van der Waals surface area contributed by atoms with Crippen LogP contribution < -0.4 is 5.32 Å². The summed E-state index contributed by atoms with van der Waals surface area (Å²) in [4.78, 5) is 0. The van der Waals surface area contributed by atoms with Crippen LogP contribution in [-0.2, 0) is 6.54 Å². The lowest BCUT2D eigenvalue weighted by atomic mass is 10.1. The molecule has 1 saturated carbocycles. The highest BCUT2D eigenvalue weighted by atomic mass is 79.9. The fourth-order valence-corrected chi connectivity index (χ4v) is 2.45. The van der Waals surface area contributed by atoms with Crippen molar-refractivity contribution in [3.05, 3.63) is 34.1 Å². The van der Waals surface area contributed by atoms with Crippen molar-refractivity contribution in [1.82, 2.24) is 5.32 Å². The van der Waals surface area contributed by atoms with E-state index in [0.29, 0.717) is 6.04 Å². The van der Waals surface area contributed by atoms with Gasteiger partial charge in [-0.15, -0.1) is 0 Å². The summed E-state index contributed by atoms with van der Waals surface area (Å²) in [5, 5.41) is 3.44. The van der Waals surface area contributed by atoms with Crippen LogP contribution in [0.5, 0.6) is 0 Å². The third-order valence-electron chi connectivity index (χ3n) is 2.96. The number of benzene rings is 1. The van der Waals surface area contributed by atoms with Gasteiger partial charge < -0.3 is 5.32 Å². The minimum atomic E-state index is -0.180. The highest BCUT2D eigenvalue weighted by molar-refractivity contribution is 9.10. The number of nitrogens with one attached hydrogen (secondary N) is 1. The van der Waals surface area contributed by atoms with E-state index >= 15 is 0 Å². The maximum Gasteiger partial charge on any atom is 0.124 e. The van der Waals surface area contributed by atoms with Gasteiger partial charge in [0.15, 0.2) is 0 Å². The van der Waals surface area contributed by atoms with Gasteiger partial charge in [-0.25, -0.2) is 4.39 Å². The van der Waals surface area contributed by atoms with Crippen LogP contribution in [0.2, 0.25) is 0 Å². The molecule has 0 bridgehead atoms. The molecule has 0 amide bonds. The predicted molar refractivity (Wildman–Crippen MR) is 67.7 cm³/mol. The summed E-state index contributed by atoms with van der Waals surface area (Å²) in [5.41, 5.74) is 0.995. The van der Waals surface area contributed by atoms with Crippen LogP contribution in [0.4, 0.5) is 4.39 Å². The number of hydrogen-bond acceptors (Lipinski definition) is 1. The molecule has 0 heterocycles. The van der Waals surface area contributed by atoms with Crippen molar-refractivity contribution in [3.8, 4) is 0 Å². The first-order valence-electron chi connectivity index (χ1n) is 5.82. The standard InChI is InChI=1S/C13H17BrFN/c1-9(4-10-2-3-10)16-8-11-5-12(14)7-13(15)6-11/h5-7,9-10,16H,2-4,8H2,1H3. The van der Waals surface area contributed by atoms with Crippen molar-refractivity contribution in [2.75, 3.05) is 0 Å². The van der Waals surface area contributed by atoms with Gasteiger partial charge in [-0.2, -0.15) is 0 Å². The predicted octanol–water partition coefficient (Wildman–Crippen LogP) is 3.87. The molecule has 1 fully saturated rings. The maximum absolute atomic E-state index is 13.1. The lowest BCUT2D eigenvalue weighted by Crippen LogP contribution is -2.25. The first kappa shape index (κ1) is 12.1. The molecule has 1 aliphatic rings. The van der Waals surface area contributed by atoms with E-state index in [1.165, 1.54) is 25.3 Å². The quantitative estimate of drug-likeness (QED) is 0.866. The zero-order chi connectivity index (χ0) is 11.5. The molecule has 0 radical (unpaired) electrons. The van der Waals surface area contributed by atoms with E-state index in [9.17, 15) is 4.39 Å². The van der Waals surface area contributed by atoms with Crippen LogP contribution in [0.25, 0.3) is 0 Å². The summed E-state index contributed by atoms with van der Waals surface area (Å²) in [6.45, 7) is 2.94. The number of hydrogen-bond donors (Lipinski definition) is 1. The Labute approximate surface area is 105 Å². The molecule has 1 aromatic rings. The van der Waals surface area contributed by atoms with E-state index < -0.39 is 0 Å². The summed E-state index contributed by atoms with van der Waals surface area (Å²) in [5.74, 6) is 0.753. The molecule has 1 atom stereocenters. The Hall–Kier alpha value is -0.410. The second-order valence-corrected chi connectivity index (χ2v) is 5.65. The number of halogens is 2. The van der Waals surface area contributed by atoms with E-state index in [1.807, 2.05) is 6.07 Å². The summed E-state index contributed by atoms with van der Waals surface area (Å²) < 4.78 is 13.9. The van der Waals surface area contributed by atoms with Crippen molar-refractivity contribution in [1.29, 1.82) is 0 Å². The van der Waals surface area contributed by atoms with Crippen LogP contribution in [0.1, 0.15) is 31.7 Å². The van der Waals surface area contributed by atoms with Crippen molar-refractivity contribution in [2.24, 2.45) is 5.92 Å². The van der Waals surface area contributed by atoms with Crippen LogP contribution in [0.15, 0.2) is 22.7 Å². The largest absolute Gasteiger partial charge is 0.310 e. The minimum absolute atomic E-state index is 0.180. The van der Waals surface area contributed by atoms with Crippen LogP contribution in [0.3, 0.4) is 0 Å². The zero-order valence-corrected chi connectivity index (χ0v) is 11.1. The van der Waals surface area contributed by atoms with Gasteiger partial charge in [0, 0.05) is 17.1 Å². The SMILES string of the molecule is CC(CC1CC1)NCc1cc(F)cc(Br)c1. The third-order valence-corrected chi connectivity index (χ3v) is 3.42. The lowest BCUT2D eigenvalue weighted by molar-refractivity contribution is 0.486. The van der Waals surface area contributed by atoms with Gasteiger partial charge in [-0.05, 0) is 43.0 Å². The van der Waals surface area contributed by atoms with Gasteiger partial charge >= 0.3 is 0 Å². The summed E-state index contributed by atoms with van der Waals surface area (Å²) in [7, 11) is 0. The van der Waals surface area contributed by atoms with E-state index in [4.69, 9.17) is 0 Å². The summed E-state index contributed by atoms with van der Waals surface area (Å²) >= 11 is 3.30. The van der Waals surface area contributed by atoms with Crippen molar-refractivity contribution < 1.29 is 4.39 Å². The summed E-state index contributed by atoms with van der Waals surface area (Å²) in [6.07, 6.45) is 4.02. The minimum Gasteiger partial charge on any atom is -0.310 e. The Balaban J connectivity index is 1.83. The van der Waals surface area contributed by atoms with Gasteiger partial charge in [0.2, 0.25) is 0 Å². The monoisotopic (exact) mass is 285 g/mol. The van der Waals surface area contributed by atoms with Crippen molar-refractivity contribution in [2.45, 2.75) is 38.8 Å². The van der Waals surface area contributed by atoms with Gasteiger partial charge in [0.1, 0.15) is 5.82 Å². The fraction of sp³-hybridized carbons (Fsp3) is 0.538. The molecule has 0 saturated heterocycles. The van der Waals surface area contributed by atoms with E-state index in [1.54, 1.807) is 6.07 Å². The highest BCUT2D eigenvalue weighted by Crippen LogP contribution is 2.33. The molecule has 16 heavy (non-hydrogen) atoms. The molecule has 1 N–H and O–H groups in total. The van der Waals surface area contributed by atoms with Gasteiger partial charge in [0.05, 0.1) is 0 Å². The molecule has 1 aromatic carbocycles. The Morgan fingerprint density at radius 3 is 2.81 bits per heavy atom. The van der Waals surface area contributed by atoms with Crippen molar-refractivity contribution >= 4 is 15.9 Å². The van der Waals surface area contributed by atoms with E-state index in [0.717, 1.165) is 22.5 Å². The molecule has 1 aliphatic carbocycles. The van der Waals surface area contributed by atoms with Crippen molar-refractivity contribution in [3.63, 3.8) is 0 Å². The smallest absolute Gasteiger partial charge is 0.124 e. The third kappa shape index (κ3) is 3.87. The zero-order valence-electron chi connectivity index (χ0n) is 9.47. The molecular formula is C13H17BrFN. The number of rotatable bonds is 5. The average Bonchev–Trinajstić information content (AvgIpc) is 2.97. The van der Waals surface area contributed by atoms with E-state index in [2.05, 4.69) is 28.2 Å². The van der Waals surface area contributed by atoms with Gasteiger partial charge in [-0.3, -0.25) is 0 Å². The molecule has 3 heteroatoms. The second-order valence-electron chi connectivity index (χ2n) is 4.74. The Morgan fingerprint density at radius 2 is 2.19 bits per heavy atom. The molecule has 2 rings (SSSR count). The van der Waals surface area contributed by atoms with Gasteiger partial charge in [-0.1, -0.05) is 28.8 Å². The van der Waals surface area contributed by atoms with Crippen LogP contribution in [-0.4, -0.2) is 6.04 Å². The first-order chi connectivity index (χ1) is 7.63. The van der Waals surface area contributed by atoms with Crippen LogP contribution >= 0.6 is 15.9 Å². The topological polar surface area (TPSA) is 12.0 Å². The average molecular weight is 286 g/mol. The molecule has 88 valence electrons. The lowest BCUT2D eigenvalue weighted by Gasteiger charge is -2.13. The molecule has 1 unspecified atom stereocenters. The summed E-state index contributed by atoms with van der Waals surface area (Å²) in [6, 6.07) is 5.55. The Kier molecular flexibility index (Phi) is 3.98. The normalized spacial score (nSPS) is 17.4.